The van der Waals surface area contributed by atoms with Gasteiger partial charge >= 0.3 is 18.5 Å². The van der Waals surface area contributed by atoms with E-state index in [1.54, 1.807) is 5.32 Å². The number of hydrogen-bond acceptors (Lipinski definition) is 5. The minimum Gasteiger partial charge on any atom is -0.383 e. The fourth-order valence-electron chi connectivity index (χ4n) is 3.49. The van der Waals surface area contributed by atoms with Crippen molar-refractivity contribution in [3.05, 3.63) is 76.7 Å². The molecule has 0 aliphatic heterocycles. The Hall–Kier alpha value is -4.35. The van der Waals surface area contributed by atoms with Gasteiger partial charge in [0.15, 0.2) is 5.60 Å². The van der Waals surface area contributed by atoms with Crippen LogP contribution in [0.3, 0.4) is 0 Å². The average molecular weight is 601 g/mol. The second-order valence-electron chi connectivity index (χ2n) is 8.45. The SMILES string of the molecule is Nc1c(C(=O)NCC(O)(CNC(=O)c2c(C(F)(F)F)cccc2C(F)(F)F)C(F)(F)F)cnn1-c1ccc(F)cc1. The highest BCUT2D eigenvalue weighted by Crippen LogP contribution is 2.39. The van der Waals surface area contributed by atoms with Crippen molar-refractivity contribution >= 4 is 17.6 Å². The highest BCUT2D eigenvalue weighted by Gasteiger charge is 2.54. The number of amides is 2. The van der Waals surface area contributed by atoms with Gasteiger partial charge in [-0.25, -0.2) is 9.07 Å². The molecule has 0 aliphatic carbocycles. The molecular formula is C23H17F10N5O3. The number of alkyl halides is 9. The van der Waals surface area contributed by atoms with Gasteiger partial charge in [0, 0.05) is 0 Å². The van der Waals surface area contributed by atoms with E-state index in [1.807, 2.05) is 0 Å². The number of anilines is 1. The second-order valence-corrected chi connectivity index (χ2v) is 8.45. The molecule has 5 N–H and O–H groups in total. The van der Waals surface area contributed by atoms with Crippen molar-refractivity contribution in [1.82, 2.24) is 20.4 Å². The molecule has 8 nitrogen and oxygen atoms in total. The zero-order valence-corrected chi connectivity index (χ0v) is 20.0. The van der Waals surface area contributed by atoms with Gasteiger partial charge in [-0.3, -0.25) is 9.59 Å². The number of carbonyl (C=O) groups excluding carboxylic acids is 2. The van der Waals surface area contributed by atoms with Crippen LogP contribution in [0.2, 0.25) is 0 Å². The Kier molecular flexibility index (Phi) is 8.29. The number of halogens is 10. The number of nitrogen functional groups attached to an aromatic ring is 1. The summed E-state index contributed by atoms with van der Waals surface area (Å²) in [4.78, 5) is 24.9. The van der Waals surface area contributed by atoms with Crippen LogP contribution in [0.4, 0.5) is 49.7 Å². The quantitative estimate of drug-likeness (QED) is 0.304. The first-order valence-corrected chi connectivity index (χ1v) is 11.0. The van der Waals surface area contributed by atoms with Crippen molar-refractivity contribution in [3.8, 4) is 5.69 Å². The molecule has 1 aromatic heterocycles. The Bertz CT molecular complexity index is 1400. The number of nitrogens with one attached hydrogen (secondary N) is 2. The number of nitrogens with two attached hydrogens (primary N) is 1. The molecule has 18 heteroatoms. The van der Waals surface area contributed by atoms with Crippen molar-refractivity contribution < 1.29 is 58.6 Å². The van der Waals surface area contributed by atoms with Crippen LogP contribution in [0.5, 0.6) is 0 Å². The number of aromatic nitrogens is 2. The number of carbonyl (C=O) groups is 2. The first kappa shape index (κ1) is 31.2. The number of hydrogen-bond donors (Lipinski definition) is 4. The van der Waals surface area contributed by atoms with E-state index in [0.29, 0.717) is 6.07 Å². The summed E-state index contributed by atoms with van der Waals surface area (Å²) in [5.74, 6) is -4.58. The molecule has 2 aromatic carbocycles. The van der Waals surface area contributed by atoms with Gasteiger partial charge in [0.05, 0.1) is 41.7 Å². The van der Waals surface area contributed by atoms with Crippen LogP contribution in [-0.4, -0.2) is 51.6 Å². The molecule has 3 aromatic rings. The summed E-state index contributed by atoms with van der Waals surface area (Å²) < 4.78 is 135. The Morgan fingerprint density at radius 1 is 0.829 bits per heavy atom. The van der Waals surface area contributed by atoms with Crippen LogP contribution >= 0.6 is 0 Å². The monoisotopic (exact) mass is 601 g/mol. The van der Waals surface area contributed by atoms with Crippen LogP contribution in [0, 0.1) is 5.82 Å². The van der Waals surface area contributed by atoms with Crippen molar-refractivity contribution in [2.45, 2.75) is 24.1 Å². The third kappa shape index (κ3) is 6.69. The largest absolute Gasteiger partial charge is 0.420 e. The lowest BCUT2D eigenvalue weighted by molar-refractivity contribution is -0.254. The van der Waals surface area contributed by atoms with Crippen molar-refractivity contribution in [2.24, 2.45) is 0 Å². The maximum absolute atomic E-state index is 13.7. The summed E-state index contributed by atoms with van der Waals surface area (Å²) >= 11 is 0. The minimum absolute atomic E-state index is 0.122. The topological polar surface area (TPSA) is 122 Å². The molecule has 0 fully saturated rings. The van der Waals surface area contributed by atoms with E-state index in [1.165, 1.54) is 17.4 Å². The molecule has 0 aliphatic rings. The Labute approximate surface area is 222 Å². The number of nitrogens with zero attached hydrogens (tertiary/aromatic N) is 2. The summed E-state index contributed by atoms with van der Waals surface area (Å²) in [5.41, 5.74) is -4.80. The molecule has 0 saturated carbocycles. The highest BCUT2D eigenvalue weighted by molar-refractivity contribution is 5.99. The molecule has 222 valence electrons. The maximum atomic E-state index is 13.7. The van der Waals surface area contributed by atoms with E-state index >= 15 is 0 Å². The molecule has 2 amide bonds. The van der Waals surface area contributed by atoms with Gasteiger partial charge < -0.3 is 21.5 Å². The maximum Gasteiger partial charge on any atom is 0.420 e. The smallest absolute Gasteiger partial charge is 0.383 e. The van der Waals surface area contributed by atoms with Crippen molar-refractivity contribution in [3.63, 3.8) is 0 Å². The van der Waals surface area contributed by atoms with Crippen LogP contribution in [-0.2, 0) is 12.4 Å². The fourth-order valence-corrected chi connectivity index (χ4v) is 3.49. The zero-order valence-electron chi connectivity index (χ0n) is 20.0. The highest BCUT2D eigenvalue weighted by atomic mass is 19.4. The van der Waals surface area contributed by atoms with Gasteiger partial charge in [-0.2, -0.15) is 44.6 Å². The molecule has 1 atom stereocenters. The lowest BCUT2D eigenvalue weighted by Gasteiger charge is -2.31. The fraction of sp³-hybridized carbons (Fsp3) is 0.261. The van der Waals surface area contributed by atoms with Gasteiger partial charge in [-0.15, -0.1) is 0 Å². The van der Waals surface area contributed by atoms with Crippen LogP contribution in [0.25, 0.3) is 5.69 Å². The number of rotatable bonds is 7. The van der Waals surface area contributed by atoms with Crippen molar-refractivity contribution in [2.75, 3.05) is 18.8 Å². The predicted octanol–water partition coefficient (Wildman–Crippen LogP) is 4.08. The molecule has 1 heterocycles. The third-order valence-corrected chi connectivity index (χ3v) is 5.64. The third-order valence-electron chi connectivity index (χ3n) is 5.64. The Morgan fingerprint density at radius 3 is 1.78 bits per heavy atom. The van der Waals surface area contributed by atoms with Crippen LogP contribution in [0.1, 0.15) is 31.8 Å². The van der Waals surface area contributed by atoms with Crippen LogP contribution < -0.4 is 16.4 Å². The van der Waals surface area contributed by atoms with E-state index < -0.39 is 82.9 Å². The van der Waals surface area contributed by atoms with Gasteiger partial charge in [0.25, 0.3) is 11.8 Å². The lowest BCUT2D eigenvalue weighted by Crippen LogP contribution is -2.59. The minimum atomic E-state index is -5.66. The van der Waals surface area contributed by atoms with E-state index in [9.17, 15) is 58.6 Å². The first-order chi connectivity index (χ1) is 18.8. The Balaban J connectivity index is 1.83. The molecule has 41 heavy (non-hydrogen) atoms. The molecular weight excluding hydrogens is 584 g/mol. The number of aliphatic hydroxyl groups is 1. The molecule has 0 spiro atoms. The predicted molar refractivity (Wildman–Crippen MR) is 120 cm³/mol. The summed E-state index contributed by atoms with van der Waals surface area (Å²) in [6, 6.07) is 5.08. The number of benzene rings is 2. The van der Waals surface area contributed by atoms with E-state index in [4.69, 9.17) is 5.73 Å². The summed E-state index contributed by atoms with van der Waals surface area (Å²) in [6.07, 6.45) is -15.8. The first-order valence-electron chi connectivity index (χ1n) is 11.0. The average Bonchev–Trinajstić information content (AvgIpc) is 3.25. The van der Waals surface area contributed by atoms with E-state index in [-0.39, 0.29) is 17.8 Å². The van der Waals surface area contributed by atoms with Crippen molar-refractivity contribution in [1.29, 1.82) is 0 Å². The molecule has 0 bridgehead atoms. The second kappa shape index (κ2) is 10.9. The van der Waals surface area contributed by atoms with E-state index in [0.717, 1.165) is 23.0 Å². The van der Waals surface area contributed by atoms with Gasteiger partial charge in [0.1, 0.15) is 17.2 Å². The van der Waals surface area contributed by atoms with Crippen LogP contribution in [0.15, 0.2) is 48.7 Å². The standard InChI is InChI=1S/C23H17F10N5O3/c24-11-4-6-12(7-5-11)38-17(34)13(8-37-38)18(39)35-9-20(41,23(31,32)33)10-36-19(40)16-14(21(25,26)27)2-1-3-15(16)22(28,29)30/h1-8,41H,9-10,34H2,(H,35,39)(H,36,40). The normalized spacial score (nSPS) is 13.9. The van der Waals surface area contributed by atoms with Gasteiger partial charge in [-0.1, -0.05) is 6.07 Å². The molecule has 1 unspecified atom stereocenters. The molecule has 0 saturated heterocycles. The molecule has 3 rings (SSSR count). The summed E-state index contributed by atoms with van der Waals surface area (Å²) in [7, 11) is 0. The van der Waals surface area contributed by atoms with E-state index in [2.05, 4.69) is 5.10 Å². The van der Waals surface area contributed by atoms with Gasteiger partial charge in [-0.05, 0) is 36.4 Å². The summed E-state index contributed by atoms with van der Waals surface area (Å²) in [6.45, 7) is -3.67. The summed E-state index contributed by atoms with van der Waals surface area (Å²) in [5, 5.41) is 16.9. The lowest BCUT2D eigenvalue weighted by atomic mass is 9.98. The zero-order chi connectivity index (χ0) is 31.0. The van der Waals surface area contributed by atoms with Gasteiger partial charge in [0.2, 0.25) is 0 Å². The Morgan fingerprint density at radius 2 is 1.32 bits per heavy atom. The molecule has 0 radical (unpaired) electrons.